The first-order chi connectivity index (χ1) is 9.35. The molecule has 4 heteroatoms. The van der Waals surface area contributed by atoms with Gasteiger partial charge in [0, 0.05) is 35.6 Å². The Morgan fingerprint density at radius 3 is 2.55 bits per heavy atom. The summed E-state index contributed by atoms with van der Waals surface area (Å²) in [5.41, 5.74) is 1.58. The van der Waals surface area contributed by atoms with E-state index in [4.69, 9.17) is 0 Å². The molecule has 1 heterocycles. The highest BCUT2D eigenvalue weighted by Gasteiger charge is 2.11. The SMILES string of the molecule is CC(C)(C)NCc1cccn1Cc1ccc(F)cc1F. The van der Waals surface area contributed by atoms with Gasteiger partial charge in [-0.15, -0.1) is 0 Å². The average Bonchev–Trinajstić information content (AvgIpc) is 2.77. The topological polar surface area (TPSA) is 17.0 Å². The predicted molar refractivity (Wildman–Crippen MR) is 76.5 cm³/mol. The van der Waals surface area contributed by atoms with Crippen molar-refractivity contribution in [2.75, 3.05) is 0 Å². The lowest BCUT2D eigenvalue weighted by molar-refractivity contribution is 0.416. The molecular formula is C16H20F2N2. The molecule has 1 N–H and O–H groups in total. The quantitative estimate of drug-likeness (QED) is 0.902. The molecule has 108 valence electrons. The Balaban J connectivity index is 2.12. The fourth-order valence-corrected chi connectivity index (χ4v) is 1.95. The van der Waals surface area contributed by atoms with E-state index in [0.29, 0.717) is 18.7 Å². The van der Waals surface area contributed by atoms with Gasteiger partial charge in [0.15, 0.2) is 0 Å². The van der Waals surface area contributed by atoms with Gasteiger partial charge in [0.05, 0.1) is 6.54 Å². The number of hydrogen-bond donors (Lipinski definition) is 1. The molecule has 20 heavy (non-hydrogen) atoms. The molecule has 0 fully saturated rings. The molecule has 0 radical (unpaired) electrons. The van der Waals surface area contributed by atoms with E-state index in [1.165, 1.54) is 12.1 Å². The van der Waals surface area contributed by atoms with E-state index in [1.54, 1.807) is 0 Å². The van der Waals surface area contributed by atoms with Crippen LogP contribution in [0.3, 0.4) is 0 Å². The van der Waals surface area contributed by atoms with E-state index in [1.807, 2.05) is 22.9 Å². The first-order valence-corrected chi connectivity index (χ1v) is 6.68. The Kier molecular flexibility index (Phi) is 4.23. The zero-order valence-corrected chi connectivity index (χ0v) is 12.1. The van der Waals surface area contributed by atoms with Crippen molar-refractivity contribution >= 4 is 0 Å². The van der Waals surface area contributed by atoms with Crippen LogP contribution in [-0.4, -0.2) is 10.1 Å². The van der Waals surface area contributed by atoms with Crippen LogP contribution in [0.25, 0.3) is 0 Å². The first kappa shape index (κ1) is 14.7. The van der Waals surface area contributed by atoms with Gasteiger partial charge in [-0.3, -0.25) is 0 Å². The molecular weight excluding hydrogens is 258 g/mol. The minimum Gasteiger partial charge on any atom is -0.346 e. The maximum Gasteiger partial charge on any atom is 0.131 e. The molecule has 1 aromatic carbocycles. The van der Waals surface area contributed by atoms with E-state index in [-0.39, 0.29) is 5.54 Å². The minimum absolute atomic E-state index is 0.0240. The summed E-state index contributed by atoms with van der Waals surface area (Å²) >= 11 is 0. The van der Waals surface area contributed by atoms with Crippen LogP contribution in [0.4, 0.5) is 8.78 Å². The fraction of sp³-hybridized carbons (Fsp3) is 0.375. The van der Waals surface area contributed by atoms with Crippen molar-refractivity contribution in [2.24, 2.45) is 0 Å². The Morgan fingerprint density at radius 1 is 1.15 bits per heavy atom. The second-order valence-electron chi connectivity index (χ2n) is 5.97. The molecule has 0 amide bonds. The molecule has 2 nitrogen and oxygen atoms in total. The smallest absolute Gasteiger partial charge is 0.131 e. The molecule has 0 saturated carbocycles. The predicted octanol–water partition coefficient (Wildman–Crippen LogP) is 3.70. The zero-order chi connectivity index (χ0) is 14.8. The van der Waals surface area contributed by atoms with Gasteiger partial charge in [0.1, 0.15) is 11.6 Å². The van der Waals surface area contributed by atoms with Crippen molar-refractivity contribution in [2.45, 2.75) is 39.4 Å². The van der Waals surface area contributed by atoms with Crippen molar-refractivity contribution in [3.05, 3.63) is 59.4 Å². The van der Waals surface area contributed by atoms with Crippen LogP contribution in [0.1, 0.15) is 32.0 Å². The maximum absolute atomic E-state index is 13.7. The zero-order valence-electron chi connectivity index (χ0n) is 12.1. The molecule has 0 atom stereocenters. The van der Waals surface area contributed by atoms with Crippen LogP contribution < -0.4 is 5.32 Å². The third-order valence-corrected chi connectivity index (χ3v) is 3.08. The number of hydrogen-bond acceptors (Lipinski definition) is 1. The minimum atomic E-state index is -0.548. The highest BCUT2D eigenvalue weighted by molar-refractivity contribution is 5.20. The van der Waals surface area contributed by atoms with E-state index >= 15 is 0 Å². The maximum atomic E-state index is 13.7. The lowest BCUT2D eigenvalue weighted by atomic mass is 10.1. The van der Waals surface area contributed by atoms with Crippen molar-refractivity contribution < 1.29 is 8.78 Å². The number of aromatic nitrogens is 1. The molecule has 0 bridgehead atoms. The lowest BCUT2D eigenvalue weighted by Crippen LogP contribution is -2.35. The first-order valence-electron chi connectivity index (χ1n) is 6.68. The summed E-state index contributed by atoms with van der Waals surface area (Å²) < 4.78 is 28.5. The molecule has 0 spiro atoms. The van der Waals surface area contributed by atoms with Crippen LogP contribution in [0.15, 0.2) is 36.5 Å². The summed E-state index contributed by atoms with van der Waals surface area (Å²) in [4.78, 5) is 0. The van der Waals surface area contributed by atoms with Crippen molar-refractivity contribution in [1.29, 1.82) is 0 Å². The fourth-order valence-electron chi connectivity index (χ4n) is 1.95. The Labute approximate surface area is 118 Å². The van der Waals surface area contributed by atoms with Gasteiger partial charge in [-0.25, -0.2) is 8.78 Å². The van der Waals surface area contributed by atoms with E-state index in [0.717, 1.165) is 11.8 Å². The summed E-state index contributed by atoms with van der Waals surface area (Å²) in [6.45, 7) is 7.40. The van der Waals surface area contributed by atoms with Gasteiger partial charge in [0.25, 0.3) is 0 Å². The van der Waals surface area contributed by atoms with Crippen molar-refractivity contribution in [3.8, 4) is 0 Å². The molecule has 1 aromatic heterocycles. The third kappa shape index (κ3) is 3.90. The number of rotatable bonds is 4. The highest BCUT2D eigenvalue weighted by Crippen LogP contribution is 2.14. The van der Waals surface area contributed by atoms with Crippen LogP contribution in [-0.2, 0) is 13.1 Å². The summed E-state index contributed by atoms with van der Waals surface area (Å²) in [7, 11) is 0. The molecule has 0 saturated heterocycles. The number of benzene rings is 1. The molecule has 2 rings (SSSR count). The van der Waals surface area contributed by atoms with E-state index in [2.05, 4.69) is 26.1 Å². The Hall–Kier alpha value is -1.68. The summed E-state index contributed by atoms with van der Waals surface area (Å²) in [5.74, 6) is -1.05. The summed E-state index contributed by atoms with van der Waals surface area (Å²) in [5, 5.41) is 3.40. The molecule has 2 aromatic rings. The second-order valence-corrected chi connectivity index (χ2v) is 5.97. The van der Waals surface area contributed by atoms with Gasteiger partial charge in [0.2, 0.25) is 0 Å². The summed E-state index contributed by atoms with van der Waals surface area (Å²) in [6, 6.07) is 7.63. The number of halogens is 2. The van der Waals surface area contributed by atoms with Gasteiger partial charge >= 0.3 is 0 Å². The van der Waals surface area contributed by atoms with Crippen LogP contribution in [0, 0.1) is 11.6 Å². The normalized spacial score (nSPS) is 11.8. The Morgan fingerprint density at radius 2 is 1.90 bits per heavy atom. The molecule has 0 unspecified atom stereocenters. The van der Waals surface area contributed by atoms with E-state index < -0.39 is 11.6 Å². The van der Waals surface area contributed by atoms with Crippen molar-refractivity contribution in [3.63, 3.8) is 0 Å². The molecule has 0 aliphatic heterocycles. The second kappa shape index (κ2) is 5.75. The van der Waals surface area contributed by atoms with Crippen LogP contribution >= 0.6 is 0 Å². The van der Waals surface area contributed by atoms with Crippen LogP contribution in [0.5, 0.6) is 0 Å². The van der Waals surface area contributed by atoms with Crippen molar-refractivity contribution in [1.82, 2.24) is 9.88 Å². The van der Waals surface area contributed by atoms with E-state index in [9.17, 15) is 8.78 Å². The van der Waals surface area contributed by atoms with Gasteiger partial charge in [-0.1, -0.05) is 6.07 Å². The standard InChI is InChI=1S/C16H20F2N2/c1-16(2,3)19-10-14-5-4-8-20(14)11-12-6-7-13(17)9-15(12)18/h4-9,19H,10-11H2,1-3H3. The molecule has 0 aliphatic rings. The lowest BCUT2D eigenvalue weighted by Gasteiger charge is -2.21. The average molecular weight is 278 g/mol. The van der Waals surface area contributed by atoms with Crippen LogP contribution in [0.2, 0.25) is 0 Å². The third-order valence-electron chi connectivity index (χ3n) is 3.08. The number of nitrogens with zero attached hydrogens (tertiary/aromatic N) is 1. The van der Waals surface area contributed by atoms with Gasteiger partial charge in [-0.05, 0) is 39.0 Å². The number of nitrogens with one attached hydrogen (secondary N) is 1. The summed E-state index contributed by atoms with van der Waals surface area (Å²) in [6.07, 6.45) is 1.91. The van der Waals surface area contributed by atoms with Gasteiger partial charge in [-0.2, -0.15) is 0 Å². The highest BCUT2D eigenvalue weighted by atomic mass is 19.1. The monoisotopic (exact) mass is 278 g/mol. The largest absolute Gasteiger partial charge is 0.346 e. The Bertz CT molecular complexity index is 582. The van der Waals surface area contributed by atoms with Gasteiger partial charge < -0.3 is 9.88 Å². The molecule has 0 aliphatic carbocycles.